The van der Waals surface area contributed by atoms with E-state index in [2.05, 4.69) is 4.98 Å². The minimum absolute atomic E-state index is 0.0592. The minimum Gasteiger partial charge on any atom is -0.384 e. The molecule has 0 bridgehead atoms. The maximum absolute atomic E-state index is 13.1. The highest BCUT2D eigenvalue weighted by molar-refractivity contribution is 7.89. The van der Waals surface area contributed by atoms with Crippen molar-refractivity contribution in [1.29, 1.82) is 0 Å². The first-order valence-corrected chi connectivity index (χ1v) is 7.26. The third kappa shape index (κ3) is 3.12. The predicted molar refractivity (Wildman–Crippen MR) is 73.7 cm³/mol. The maximum atomic E-state index is 13.1. The molecule has 0 atom stereocenters. The van der Waals surface area contributed by atoms with Crippen LogP contribution in [0.3, 0.4) is 0 Å². The summed E-state index contributed by atoms with van der Waals surface area (Å²) in [5.41, 5.74) is 6.05. The van der Waals surface area contributed by atoms with Crippen LogP contribution in [0.1, 0.15) is 5.56 Å². The average Bonchev–Trinajstić information content (AvgIpc) is 2.38. The second-order valence-electron chi connectivity index (χ2n) is 4.31. The molecule has 0 aliphatic heterocycles. The van der Waals surface area contributed by atoms with E-state index in [4.69, 9.17) is 5.73 Å². The molecule has 0 aliphatic rings. The zero-order valence-electron chi connectivity index (χ0n) is 10.8. The highest BCUT2D eigenvalue weighted by Gasteiger charge is 2.21. The molecular formula is C13H14FN3O2S. The Hall–Kier alpha value is -1.99. The van der Waals surface area contributed by atoms with E-state index in [1.165, 1.54) is 43.6 Å². The Bertz CT molecular complexity index is 719. The highest BCUT2D eigenvalue weighted by atomic mass is 32.2. The lowest BCUT2D eigenvalue weighted by Gasteiger charge is -2.17. The molecule has 0 amide bonds. The van der Waals surface area contributed by atoms with Gasteiger partial charge in [0.05, 0.1) is 4.90 Å². The molecule has 0 unspecified atom stereocenters. The normalized spacial score (nSPS) is 11.8. The molecule has 0 fully saturated rings. The molecule has 0 saturated carbocycles. The lowest BCUT2D eigenvalue weighted by Crippen LogP contribution is -2.26. The van der Waals surface area contributed by atoms with Gasteiger partial charge in [0, 0.05) is 25.9 Å². The number of aromatic nitrogens is 1. The number of benzene rings is 1. The van der Waals surface area contributed by atoms with Crippen LogP contribution in [0.25, 0.3) is 0 Å². The molecule has 1 heterocycles. The molecule has 5 nitrogen and oxygen atoms in total. The number of sulfonamides is 1. The summed E-state index contributed by atoms with van der Waals surface area (Å²) in [6, 6.07) is 8.46. The fourth-order valence-corrected chi connectivity index (χ4v) is 2.93. The van der Waals surface area contributed by atoms with Crippen molar-refractivity contribution < 1.29 is 12.8 Å². The van der Waals surface area contributed by atoms with E-state index >= 15 is 0 Å². The smallest absolute Gasteiger partial charge is 0.243 e. The number of pyridine rings is 1. The Labute approximate surface area is 116 Å². The molecule has 7 heteroatoms. The van der Waals surface area contributed by atoms with E-state index in [0.29, 0.717) is 5.56 Å². The summed E-state index contributed by atoms with van der Waals surface area (Å²) >= 11 is 0. The van der Waals surface area contributed by atoms with Crippen molar-refractivity contribution in [2.24, 2.45) is 0 Å². The van der Waals surface area contributed by atoms with Gasteiger partial charge in [-0.05, 0) is 23.8 Å². The van der Waals surface area contributed by atoms with Crippen molar-refractivity contribution in [2.75, 3.05) is 12.8 Å². The van der Waals surface area contributed by atoms with Crippen LogP contribution in [0, 0.1) is 5.82 Å². The molecular weight excluding hydrogens is 281 g/mol. The van der Waals surface area contributed by atoms with Crippen molar-refractivity contribution in [3.8, 4) is 0 Å². The van der Waals surface area contributed by atoms with Gasteiger partial charge < -0.3 is 5.73 Å². The van der Waals surface area contributed by atoms with E-state index in [1.54, 1.807) is 6.07 Å². The fraction of sp³-hybridized carbons (Fsp3) is 0.154. The molecule has 106 valence electrons. The molecule has 0 spiro atoms. The van der Waals surface area contributed by atoms with Crippen LogP contribution in [0.5, 0.6) is 0 Å². The van der Waals surface area contributed by atoms with Gasteiger partial charge in [0.15, 0.2) is 0 Å². The van der Waals surface area contributed by atoms with E-state index in [9.17, 15) is 12.8 Å². The number of halogens is 1. The third-order valence-corrected chi connectivity index (χ3v) is 4.55. The highest BCUT2D eigenvalue weighted by Crippen LogP contribution is 2.17. The molecule has 2 rings (SSSR count). The molecule has 2 N–H and O–H groups in total. The van der Waals surface area contributed by atoms with Crippen LogP contribution in [-0.2, 0) is 16.6 Å². The van der Waals surface area contributed by atoms with Gasteiger partial charge in [0.25, 0.3) is 0 Å². The zero-order chi connectivity index (χ0) is 14.8. The Morgan fingerprint density at radius 1 is 1.30 bits per heavy atom. The molecule has 20 heavy (non-hydrogen) atoms. The van der Waals surface area contributed by atoms with Gasteiger partial charge in [-0.25, -0.2) is 17.8 Å². The average molecular weight is 295 g/mol. The standard InChI is InChI=1S/C13H14FN3O2S/c1-17(9-10-3-2-4-11(14)7-10)20(18,19)12-5-6-16-13(15)8-12/h2-8H,9H2,1H3,(H2,15,16). The van der Waals surface area contributed by atoms with Crippen molar-refractivity contribution in [3.63, 3.8) is 0 Å². The predicted octanol–water partition coefficient (Wildman–Crippen LogP) is 1.62. The molecule has 1 aromatic heterocycles. The van der Waals surface area contributed by atoms with Gasteiger partial charge in [-0.2, -0.15) is 4.31 Å². The number of nitrogen functional groups attached to an aromatic ring is 1. The van der Waals surface area contributed by atoms with Crippen molar-refractivity contribution in [3.05, 3.63) is 54.0 Å². The number of nitrogens with two attached hydrogens (primary N) is 1. The molecule has 0 aliphatic carbocycles. The summed E-state index contributed by atoms with van der Waals surface area (Å²) in [7, 11) is -2.25. The van der Waals surface area contributed by atoms with Crippen molar-refractivity contribution in [1.82, 2.24) is 9.29 Å². The first-order chi connectivity index (χ1) is 9.39. The molecule has 1 aromatic carbocycles. The minimum atomic E-state index is -3.68. The summed E-state index contributed by atoms with van der Waals surface area (Å²) in [4.78, 5) is 3.81. The first-order valence-electron chi connectivity index (χ1n) is 5.82. The van der Waals surface area contributed by atoms with Crippen LogP contribution in [0.15, 0.2) is 47.5 Å². The second kappa shape index (κ2) is 5.56. The zero-order valence-corrected chi connectivity index (χ0v) is 11.6. The summed E-state index contributed by atoms with van der Waals surface area (Å²) < 4.78 is 38.9. The van der Waals surface area contributed by atoms with Crippen LogP contribution in [-0.4, -0.2) is 24.8 Å². The van der Waals surface area contributed by atoms with E-state index in [0.717, 1.165) is 4.31 Å². The largest absolute Gasteiger partial charge is 0.384 e. The van der Waals surface area contributed by atoms with Gasteiger partial charge >= 0.3 is 0 Å². The lowest BCUT2D eigenvalue weighted by molar-refractivity contribution is 0.465. The van der Waals surface area contributed by atoms with Gasteiger partial charge in [0.2, 0.25) is 10.0 Å². The van der Waals surface area contributed by atoms with Gasteiger partial charge in [0.1, 0.15) is 11.6 Å². The quantitative estimate of drug-likeness (QED) is 0.930. The van der Waals surface area contributed by atoms with Crippen LogP contribution >= 0.6 is 0 Å². The Morgan fingerprint density at radius 3 is 2.70 bits per heavy atom. The van der Waals surface area contributed by atoms with Gasteiger partial charge in [-0.1, -0.05) is 12.1 Å². The Morgan fingerprint density at radius 2 is 2.05 bits per heavy atom. The Kier molecular flexibility index (Phi) is 4.01. The third-order valence-electron chi connectivity index (χ3n) is 2.75. The summed E-state index contributed by atoms with van der Waals surface area (Å²) in [6.07, 6.45) is 1.33. The van der Waals surface area contributed by atoms with Crippen LogP contribution in [0.4, 0.5) is 10.2 Å². The summed E-state index contributed by atoms with van der Waals surface area (Å²) in [6.45, 7) is 0.0717. The Balaban J connectivity index is 2.26. The topological polar surface area (TPSA) is 76.3 Å². The monoisotopic (exact) mass is 295 g/mol. The van der Waals surface area contributed by atoms with Crippen molar-refractivity contribution in [2.45, 2.75) is 11.4 Å². The lowest BCUT2D eigenvalue weighted by atomic mass is 10.2. The van der Waals surface area contributed by atoms with E-state index in [1.807, 2.05) is 0 Å². The number of nitrogens with zero attached hydrogens (tertiary/aromatic N) is 2. The molecule has 2 aromatic rings. The van der Waals surface area contributed by atoms with Crippen molar-refractivity contribution >= 4 is 15.8 Å². The number of hydrogen-bond acceptors (Lipinski definition) is 4. The fourth-order valence-electron chi connectivity index (χ4n) is 1.75. The van der Waals surface area contributed by atoms with E-state index < -0.39 is 15.8 Å². The maximum Gasteiger partial charge on any atom is 0.243 e. The number of anilines is 1. The van der Waals surface area contributed by atoms with Crippen LogP contribution < -0.4 is 5.73 Å². The summed E-state index contributed by atoms with van der Waals surface area (Å²) in [5, 5.41) is 0. The molecule has 0 saturated heterocycles. The SMILES string of the molecule is CN(Cc1cccc(F)c1)S(=O)(=O)c1ccnc(N)c1. The van der Waals surface area contributed by atoms with E-state index in [-0.39, 0.29) is 17.3 Å². The summed E-state index contributed by atoms with van der Waals surface area (Å²) in [5.74, 6) is -0.272. The van der Waals surface area contributed by atoms with Crippen LogP contribution in [0.2, 0.25) is 0 Å². The first kappa shape index (κ1) is 14.4. The van der Waals surface area contributed by atoms with Gasteiger partial charge in [-0.15, -0.1) is 0 Å². The molecule has 0 radical (unpaired) electrons. The number of hydrogen-bond donors (Lipinski definition) is 1. The van der Waals surface area contributed by atoms with Gasteiger partial charge in [-0.3, -0.25) is 0 Å². The second-order valence-corrected chi connectivity index (χ2v) is 6.35. The number of rotatable bonds is 4.